The monoisotopic (exact) mass is 372 g/mol. The van der Waals surface area contributed by atoms with Crippen LogP contribution in [-0.4, -0.2) is 36.3 Å². The average Bonchev–Trinajstić information content (AvgIpc) is 2.66. The van der Waals surface area contributed by atoms with Crippen molar-refractivity contribution in [2.24, 2.45) is 0 Å². The minimum Gasteiger partial charge on any atom is -0.497 e. The van der Waals surface area contributed by atoms with Gasteiger partial charge < -0.3 is 24.1 Å². The van der Waals surface area contributed by atoms with Gasteiger partial charge in [0.05, 0.1) is 32.0 Å². The molecule has 0 aromatic heterocycles. The molecule has 0 unspecified atom stereocenters. The van der Waals surface area contributed by atoms with Gasteiger partial charge in [0.2, 0.25) is 0 Å². The average molecular weight is 372 g/mol. The van der Waals surface area contributed by atoms with Crippen LogP contribution >= 0.6 is 0 Å². The second kappa shape index (κ2) is 8.85. The van der Waals surface area contributed by atoms with E-state index < -0.39 is 18.0 Å². The number of rotatable bonds is 7. The van der Waals surface area contributed by atoms with E-state index in [0.29, 0.717) is 19.6 Å². The van der Waals surface area contributed by atoms with Crippen LogP contribution in [0.3, 0.4) is 0 Å². The van der Waals surface area contributed by atoms with E-state index in [1.807, 2.05) is 61.5 Å². The summed E-state index contributed by atoms with van der Waals surface area (Å²) in [4.78, 5) is 0. The van der Waals surface area contributed by atoms with E-state index in [2.05, 4.69) is 0 Å². The first kappa shape index (κ1) is 19.8. The van der Waals surface area contributed by atoms with E-state index in [1.165, 1.54) is 0 Å². The van der Waals surface area contributed by atoms with Gasteiger partial charge in [-0.3, -0.25) is 0 Å². The first-order valence-corrected chi connectivity index (χ1v) is 9.26. The standard InChI is InChI=1S/C22H28O5/c1-16-21(26-15-18-9-11-19(24-3)12-10-18)22(2,23)13-20(27-16)25-14-17-7-5-4-6-8-17/h4-12,16,20-21,23H,13-15H2,1-3H3/t16-,20+,21+,22-/m0/s1. The van der Waals surface area contributed by atoms with Gasteiger partial charge in [-0.05, 0) is 37.1 Å². The molecule has 1 saturated heterocycles. The molecule has 1 heterocycles. The molecule has 0 amide bonds. The van der Waals surface area contributed by atoms with Gasteiger partial charge in [0.25, 0.3) is 0 Å². The summed E-state index contributed by atoms with van der Waals surface area (Å²) in [5.41, 5.74) is 1.05. The van der Waals surface area contributed by atoms with Gasteiger partial charge in [-0.15, -0.1) is 0 Å². The number of ether oxygens (including phenoxy) is 4. The lowest BCUT2D eigenvalue weighted by atomic mass is 9.88. The second-order valence-electron chi connectivity index (χ2n) is 7.21. The predicted octanol–water partition coefficient (Wildman–Crippen LogP) is 3.68. The molecule has 5 heteroatoms. The van der Waals surface area contributed by atoms with Crippen molar-refractivity contribution in [1.82, 2.24) is 0 Å². The molecule has 1 aliphatic rings. The minimum atomic E-state index is -1.04. The summed E-state index contributed by atoms with van der Waals surface area (Å²) < 4.78 is 23.0. The fourth-order valence-corrected chi connectivity index (χ4v) is 3.40. The summed E-state index contributed by atoms with van der Waals surface area (Å²) in [6.45, 7) is 4.54. The Labute approximate surface area is 160 Å². The number of hydrogen-bond donors (Lipinski definition) is 1. The maximum absolute atomic E-state index is 10.9. The summed E-state index contributed by atoms with van der Waals surface area (Å²) in [5, 5.41) is 10.9. The molecular weight excluding hydrogens is 344 g/mol. The third-order valence-electron chi connectivity index (χ3n) is 4.85. The highest BCUT2D eigenvalue weighted by Gasteiger charge is 2.45. The van der Waals surface area contributed by atoms with Crippen LogP contribution in [0.2, 0.25) is 0 Å². The van der Waals surface area contributed by atoms with Gasteiger partial charge in [0.1, 0.15) is 11.9 Å². The molecule has 3 rings (SSSR count). The van der Waals surface area contributed by atoms with Crippen molar-refractivity contribution in [2.75, 3.05) is 7.11 Å². The summed E-state index contributed by atoms with van der Waals surface area (Å²) in [5.74, 6) is 0.804. The van der Waals surface area contributed by atoms with E-state index in [4.69, 9.17) is 18.9 Å². The molecule has 5 nitrogen and oxygen atoms in total. The quantitative estimate of drug-likeness (QED) is 0.803. The molecule has 4 atom stereocenters. The molecule has 1 N–H and O–H groups in total. The molecule has 2 aromatic carbocycles. The van der Waals surface area contributed by atoms with E-state index in [9.17, 15) is 5.11 Å². The van der Waals surface area contributed by atoms with Crippen molar-refractivity contribution in [3.05, 3.63) is 65.7 Å². The Morgan fingerprint density at radius 1 is 1.00 bits per heavy atom. The molecular formula is C22H28O5. The highest BCUT2D eigenvalue weighted by atomic mass is 16.7. The van der Waals surface area contributed by atoms with E-state index in [0.717, 1.165) is 16.9 Å². The molecule has 1 fully saturated rings. The van der Waals surface area contributed by atoms with Crippen molar-refractivity contribution < 1.29 is 24.1 Å². The van der Waals surface area contributed by atoms with Gasteiger partial charge in [-0.2, -0.15) is 0 Å². The first-order chi connectivity index (χ1) is 13.0. The topological polar surface area (TPSA) is 57.2 Å². The Kier molecular flexibility index (Phi) is 6.50. The van der Waals surface area contributed by atoms with Crippen molar-refractivity contribution in [1.29, 1.82) is 0 Å². The van der Waals surface area contributed by atoms with E-state index in [-0.39, 0.29) is 6.10 Å². The lowest BCUT2D eigenvalue weighted by molar-refractivity contribution is -0.286. The normalized spacial score (nSPS) is 28.1. The Morgan fingerprint density at radius 2 is 1.63 bits per heavy atom. The minimum absolute atomic E-state index is 0.284. The number of aliphatic hydroxyl groups is 1. The van der Waals surface area contributed by atoms with Crippen LogP contribution in [0.15, 0.2) is 54.6 Å². The van der Waals surface area contributed by atoms with Crippen LogP contribution in [0, 0.1) is 0 Å². The predicted molar refractivity (Wildman–Crippen MR) is 102 cm³/mol. The molecule has 2 aromatic rings. The van der Waals surface area contributed by atoms with Crippen LogP contribution < -0.4 is 4.74 Å². The van der Waals surface area contributed by atoms with Gasteiger partial charge in [0, 0.05) is 6.42 Å². The number of benzene rings is 2. The second-order valence-corrected chi connectivity index (χ2v) is 7.21. The van der Waals surface area contributed by atoms with Crippen molar-refractivity contribution >= 4 is 0 Å². The fourth-order valence-electron chi connectivity index (χ4n) is 3.40. The Hall–Kier alpha value is -1.92. The summed E-state index contributed by atoms with van der Waals surface area (Å²) >= 11 is 0. The molecule has 0 aliphatic carbocycles. The first-order valence-electron chi connectivity index (χ1n) is 9.26. The third-order valence-corrected chi connectivity index (χ3v) is 4.85. The molecule has 0 saturated carbocycles. The van der Waals surface area contributed by atoms with Gasteiger partial charge in [-0.1, -0.05) is 42.5 Å². The summed E-state index contributed by atoms with van der Waals surface area (Å²) in [6.07, 6.45) is -0.822. The zero-order valence-electron chi connectivity index (χ0n) is 16.1. The largest absolute Gasteiger partial charge is 0.497 e. The zero-order valence-corrected chi connectivity index (χ0v) is 16.1. The lowest BCUT2D eigenvalue weighted by Gasteiger charge is -2.44. The van der Waals surface area contributed by atoms with Crippen molar-refractivity contribution in [2.45, 2.75) is 57.6 Å². The SMILES string of the molecule is COc1ccc(CO[C@@H]2[C@H](C)O[C@@H](OCc3ccccc3)C[C@]2(C)O)cc1. The highest BCUT2D eigenvalue weighted by Crippen LogP contribution is 2.32. The Bertz CT molecular complexity index is 698. The summed E-state index contributed by atoms with van der Waals surface area (Å²) in [6, 6.07) is 17.6. The maximum Gasteiger partial charge on any atom is 0.161 e. The zero-order chi connectivity index (χ0) is 19.3. The Balaban J connectivity index is 1.54. The van der Waals surface area contributed by atoms with Gasteiger partial charge in [-0.25, -0.2) is 0 Å². The fraction of sp³-hybridized carbons (Fsp3) is 0.455. The molecule has 27 heavy (non-hydrogen) atoms. The molecule has 146 valence electrons. The van der Waals surface area contributed by atoms with Crippen LogP contribution in [0.1, 0.15) is 31.4 Å². The van der Waals surface area contributed by atoms with Crippen molar-refractivity contribution in [3.8, 4) is 5.75 Å². The summed E-state index contributed by atoms with van der Waals surface area (Å²) in [7, 11) is 1.64. The molecule has 0 bridgehead atoms. The maximum atomic E-state index is 10.9. The molecule has 0 radical (unpaired) electrons. The molecule has 1 aliphatic heterocycles. The Morgan fingerprint density at radius 3 is 2.26 bits per heavy atom. The number of hydrogen-bond acceptors (Lipinski definition) is 5. The van der Waals surface area contributed by atoms with Gasteiger partial charge >= 0.3 is 0 Å². The van der Waals surface area contributed by atoms with Crippen LogP contribution in [0.4, 0.5) is 0 Å². The van der Waals surface area contributed by atoms with Crippen LogP contribution in [0.5, 0.6) is 5.75 Å². The molecule has 0 spiro atoms. The smallest absolute Gasteiger partial charge is 0.161 e. The third kappa shape index (κ3) is 5.30. The van der Waals surface area contributed by atoms with Crippen molar-refractivity contribution in [3.63, 3.8) is 0 Å². The van der Waals surface area contributed by atoms with E-state index >= 15 is 0 Å². The van der Waals surface area contributed by atoms with Gasteiger partial charge in [0.15, 0.2) is 6.29 Å². The van der Waals surface area contributed by atoms with Crippen LogP contribution in [-0.2, 0) is 27.4 Å². The van der Waals surface area contributed by atoms with E-state index in [1.54, 1.807) is 14.0 Å². The number of methoxy groups -OCH3 is 1. The highest BCUT2D eigenvalue weighted by molar-refractivity contribution is 5.26. The van der Waals surface area contributed by atoms with Crippen LogP contribution in [0.25, 0.3) is 0 Å². The lowest BCUT2D eigenvalue weighted by Crippen LogP contribution is -2.56.